The lowest BCUT2D eigenvalue weighted by molar-refractivity contribution is -0.136. The molecular weight excluding hydrogens is 422 g/mol. The fourth-order valence-corrected chi connectivity index (χ4v) is 4.82. The highest BCUT2D eigenvalue weighted by Gasteiger charge is 2.31. The molecule has 1 unspecified atom stereocenters. The van der Waals surface area contributed by atoms with Crippen LogP contribution in [0, 0.1) is 11.8 Å². The summed E-state index contributed by atoms with van der Waals surface area (Å²) in [6.45, 7) is 5.76. The van der Waals surface area contributed by atoms with E-state index in [0.717, 1.165) is 25.1 Å². The molecule has 33 heavy (non-hydrogen) atoms. The first-order valence-corrected chi connectivity index (χ1v) is 11.2. The third kappa shape index (κ3) is 5.97. The molecule has 0 radical (unpaired) electrons. The number of carboxylic acids is 1. The van der Waals surface area contributed by atoms with Crippen molar-refractivity contribution in [3.63, 3.8) is 0 Å². The summed E-state index contributed by atoms with van der Waals surface area (Å²) in [5.74, 6) is 0.394. The third-order valence-corrected chi connectivity index (χ3v) is 6.24. The Balaban J connectivity index is 2.00. The topological polar surface area (TPSA) is 96.3 Å². The molecule has 3 rings (SSSR count). The number of piperidine rings is 1. The van der Waals surface area contributed by atoms with E-state index in [-0.39, 0.29) is 24.5 Å². The van der Waals surface area contributed by atoms with Gasteiger partial charge in [-0.3, -0.25) is 9.59 Å². The molecule has 1 aliphatic heterocycles. The molecular formula is C26H33NO6. The van der Waals surface area contributed by atoms with E-state index in [1.807, 2.05) is 17.0 Å². The molecule has 2 N–H and O–H groups in total. The summed E-state index contributed by atoms with van der Waals surface area (Å²) in [5, 5.41) is 20.0. The summed E-state index contributed by atoms with van der Waals surface area (Å²) in [4.78, 5) is 26.4. The highest BCUT2D eigenvalue weighted by Crippen LogP contribution is 2.43. The van der Waals surface area contributed by atoms with Crippen molar-refractivity contribution in [2.45, 2.75) is 39.0 Å². The van der Waals surface area contributed by atoms with Crippen LogP contribution >= 0.6 is 0 Å². The number of rotatable bonds is 8. The largest absolute Gasteiger partial charge is 0.507 e. The van der Waals surface area contributed by atoms with E-state index in [1.165, 1.54) is 20.3 Å². The lowest BCUT2D eigenvalue weighted by Gasteiger charge is -2.36. The molecule has 0 bridgehead atoms. The standard InChI is InChI=1S/C26H33NO6/c1-16-9-17(2)15-27(14-16)24(29)13-21(19-7-5-18(6-8-19)10-25(30)31)26-22(28)11-20(32-3)12-23(26)33-4/h5-8,11-12,16-17,21,28H,9-10,13-15H2,1-4H3,(H,30,31)/t16-,17?,21-/m1/s1. The predicted molar refractivity (Wildman–Crippen MR) is 125 cm³/mol. The minimum absolute atomic E-state index is 0.0148. The van der Waals surface area contributed by atoms with Crippen molar-refractivity contribution >= 4 is 11.9 Å². The first kappa shape index (κ1) is 24.4. The van der Waals surface area contributed by atoms with Gasteiger partial charge >= 0.3 is 5.97 Å². The van der Waals surface area contributed by atoms with Crippen LogP contribution in [0.5, 0.6) is 17.2 Å². The number of aromatic hydroxyl groups is 1. The molecule has 1 amide bonds. The molecule has 2 aromatic carbocycles. The maximum Gasteiger partial charge on any atom is 0.307 e. The van der Waals surface area contributed by atoms with Crippen LogP contribution in [0.3, 0.4) is 0 Å². The molecule has 1 heterocycles. The normalized spacial score (nSPS) is 19.1. The SMILES string of the molecule is COc1cc(O)c([C@H](CC(=O)N2CC(C)C[C@@H](C)C2)c2ccc(CC(=O)O)cc2)c(OC)c1. The van der Waals surface area contributed by atoms with Gasteiger partial charge in [-0.1, -0.05) is 38.1 Å². The zero-order valence-corrected chi connectivity index (χ0v) is 19.7. The number of phenolic OH excluding ortho intramolecular Hbond substituents is 1. The van der Waals surface area contributed by atoms with Crippen LogP contribution in [0.15, 0.2) is 36.4 Å². The molecule has 0 aliphatic carbocycles. The number of carbonyl (C=O) groups is 2. The fourth-order valence-electron chi connectivity index (χ4n) is 4.82. The second-order valence-electron chi connectivity index (χ2n) is 9.08. The Kier molecular flexibility index (Phi) is 7.84. The number of phenols is 1. The van der Waals surface area contributed by atoms with E-state index in [0.29, 0.717) is 34.5 Å². The van der Waals surface area contributed by atoms with Crippen LogP contribution in [-0.2, 0) is 16.0 Å². The molecule has 178 valence electrons. The summed E-state index contributed by atoms with van der Waals surface area (Å²) < 4.78 is 10.8. The number of carboxylic acid groups (broad SMARTS) is 1. The Hall–Kier alpha value is -3.22. The molecule has 0 aromatic heterocycles. The number of ether oxygens (including phenoxy) is 2. The van der Waals surface area contributed by atoms with Crippen molar-refractivity contribution in [1.29, 1.82) is 0 Å². The van der Waals surface area contributed by atoms with E-state index >= 15 is 0 Å². The Labute approximate surface area is 194 Å². The van der Waals surface area contributed by atoms with Crippen molar-refractivity contribution in [3.05, 3.63) is 53.1 Å². The number of nitrogens with zero attached hydrogens (tertiary/aromatic N) is 1. The lowest BCUT2D eigenvalue weighted by Crippen LogP contribution is -2.43. The number of hydrogen-bond donors (Lipinski definition) is 2. The Morgan fingerprint density at radius 1 is 1.06 bits per heavy atom. The number of aliphatic carboxylic acids is 1. The number of likely N-dealkylation sites (tertiary alicyclic amines) is 1. The fraction of sp³-hybridized carbons (Fsp3) is 0.462. The molecule has 1 fully saturated rings. The summed E-state index contributed by atoms with van der Waals surface area (Å²) in [5.41, 5.74) is 1.98. The average molecular weight is 456 g/mol. The first-order chi connectivity index (χ1) is 15.7. The number of methoxy groups -OCH3 is 2. The molecule has 0 saturated carbocycles. The molecule has 0 spiro atoms. The van der Waals surface area contributed by atoms with Crippen molar-refractivity contribution in [2.24, 2.45) is 11.8 Å². The minimum Gasteiger partial charge on any atom is -0.507 e. The van der Waals surface area contributed by atoms with Crippen LogP contribution in [0.4, 0.5) is 0 Å². The molecule has 1 saturated heterocycles. The van der Waals surface area contributed by atoms with Gasteiger partial charge in [0.15, 0.2) is 0 Å². The second-order valence-corrected chi connectivity index (χ2v) is 9.08. The highest BCUT2D eigenvalue weighted by molar-refractivity contribution is 5.78. The van der Waals surface area contributed by atoms with E-state index in [2.05, 4.69) is 13.8 Å². The number of hydrogen-bond acceptors (Lipinski definition) is 5. The predicted octanol–water partition coefficient (Wildman–Crippen LogP) is 4.06. The van der Waals surface area contributed by atoms with Crippen molar-refractivity contribution in [1.82, 2.24) is 4.90 Å². The number of benzene rings is 2. The molecule has 1 aliphatic rings. The monoisotopic (exact) mass is 455 g/mol. The van der Waals surface area contributed by atoms with Crippen molar-refractivity contribution in [2.75, 3.05) is 27.3 Å². The summed E-state index contributed by atoms with van der Waals surface area (Å²) in [6, 6.07) is 10.3. The van der Waals surface area contributed by atoms with Crippen LogP contribution in [-0.4, -0.2) is 54.3 Å². The van der Waals surface area contributed by atoms with E-state index in [1.54, 1.807) is 18.2 Å². The van der Waals surface area contributed by atoms with Crippen LogP contribution < -0.4 is 9.47 Å². The first-order valence-electron chi connectivity index (χ1n) is 11.2. The quantitative estimate of drug-likeness (QED) is 0.623. The maximum absolute atomic E-state index is 13.4. The third-order valence-electron chi connectivity index (χ3n) is 6.24. The summed E-state index contributed by atoms with van der Waals surface area (Å²) in [7, 11) is 3.02. The highest BCUT2D eigenvalue weighted by atomic mass is 16.5. The van der Waals surface area contributed by atoms with E-state index < -0.39 is 11.9 Å². The lowest BCUT2D eigenvalue weighted by atomic mass is 9.85. The zero-order chi connectivity index (χ0) is 24.1. The number of amides is 1. The average Bonchev–Trinajstić information content (AvgIpc) is 2.76. The molecule has 7 nitrogen and oxygen atoms in total. The van der Waals surface area contributed by atoms with Gasteiger partial charge < -0.3 is 24.6 Å². The van der Waals surface area contributed by atoms with Gasteiger partial charge in [0.1, 0.15) is 17.2 Å². The van der Waals surface area contributed by atoms with Crippen LogP contribution in [0.25, 0.3) is 0 Å². The van der Waals surface area contributed by atoms with Gasteiger partial charge in [0.25, 0.3) is 0 Å². The van der Waals surface area contributed by atoms with Gasteiger partial charge in [-0.05, 0) is 29.4 Å². The minimum atomic E-state index is -0.905. The number of carbonyl (C=O) groups excluding carboxylic acids is 1. The van der Waals surface area contributed by atoms with Crippen LogP contribution in [0.1, 0.15) is 49.3 Å². The molecule has 7 heteroatoms. The maximum atomic E-state index is 13.4. The van der Waals surface area contributed by atoms with Gasteiger partial charge in [0, 0.05) is 43.1 Å². The van der Waals surface area contributed by atoms with E-state index in [4.69, 9.17) is 14.6 Å². The second kappa shape index (κ2) is 10.6. The van der Waals surface area contributed by atoms with E-state index in [9.17, 15) is 14.7 Å². The smallest absolute Gasteiger partial charge is 0.307 e. The van der Waals surface area contributed by atoms with Crippen LogP contribution in [0.2, 0.25) is 0 Å². The molecule has 3 atom stereocenters. The van der Waals surface area contributed by atoms with Crippen molar-refractivity contribution < 1.29 is 29.3 Å². The van der Waals surface area contributed by atoms with Crippen molar-refractivity contribution in [3.8, 4) is 17.2 Å². The Morgan fingerprint density at radius 2 is 1.70 bits per heavy atom. The zero-order valence-electron chi connectivity index (χ0n) is 19.7. The van der Waals surface area contributed by atoms with Gasteiger partial charge in [-0.15, -0.1) is 0 Å². The molecule has 2 aromatic rings. The van der Waals surface area contributed by atoms with Gasteiger partial charge in [0.05, 0.1) is 20.6 Å². The Morgan fingerprint density at radius 3 is 2.24 bits per heavy atom. The van der Waals surface area contributed by atoms with Gasteiger partial charge in [-0.2, -0.15) is 0 Å². The van der Waals surface area contributed by atoms with Gasteiger partial charge in [-0.25, -0.2) is 0 Å². The Bertz CT molecular complexity index is 977. The summed E-state index contributed by atoms with van der Waals surface area (Å²) in [6.07, 6.45) is 1.18. The van der Waals surface area contributed by atoms with Gasteiger partial charge in [0.2, 0.25) is 5.91 Å². The summed E-state index contributed by atoms with van der Waals surface area (Å²) >= 11 is 0.